The van der Waals surface area contributed by atoms with Gasteiger partial charge in [0.1, 0.15) is 5.76 Å². The largest absolute Gasteiger partial charge is 0.397 e. The van der Waals surface area contributed by atoms with E-state index in [0.29, 0.717) is 12.2 Å². The normalized spacial score (nSPS) is 10.5. The van der Waals surface area contributed by atoms with Crippen LogP contribution < -0.4 is 11.1 Å². The van der Waals surface area contributed by atoms with Crippen molar-refractivity contribution in [3.05, 3.63) is 39.7 Å². The van der Waals surface area contributed by atoms with Crippen molar-refractivity contribution >= 4 is 27.3 Å². The number of hydrogen-bond acceptors (Lipinski definition) is 4. The first-order valence-corrected chi connectivity index (χ1v) is 6.08. The van der Waals surface area contributed by atoms with E-state index in [1.807, 2.05) is 32.0 Å². The molecule has 0 unspecified atom stereocenters. The van der Waals surface area contributed by atoms with Crippen molar-refractivity contribution in [3.63, 3.8) is 0 Å². The minimum absolute atomic E-state index is 0.660. The first-order valence-electron chi connectivity index (χ1n) is 5.28. The number of rotatable bonds is 3. The van der Waals surface area contributed by atoms with E-state index in [4.69, 9.17) is 10.3 Å². The summed E-state index contributed by atoms with van der Waals surface area (Å²) in [6.07, 6.45) is 0. The maximum absolute atomic E-state index is 5.91. The van der Waals surface area contributed by atoms with Gasteiger partial charge in [0.2, 0.25) is 0 Å². The lowest BCUT2D eigenvalue weighted by Gasteiger charge is -2.09. The second kappa shape index (κ2) is 4.79. The molecule has 1 heterocycles. The molecule has 90 valence electrons. The molecule has 0 fully saturated rings. The average molecular weight is 296 g/mol. The molecule has 0 atom stereocenters. The Hall–Kier alpha value is -1.49. The number of nitrogen functional groups attached to an aromatic ring is 1. The minimum atomic E-state index is 0.660. The summed E-state index contributed by atoms with van der Waals surface area (Å²) >= 11 is 3.38. The second-order valence-corrected chi connectivity index (χ2v) is 4.80. The Morgan fingerprint density at radius 1 is 1.41 bits per heavy atom. The van der Waals surface area contributed by atoms with Crippen LogP contribution >= 0.6 is 15.9 Å². The Bertz CT molecular complexity index is 517. The van der Waals surface area contributed by atoms with E-state index in [-0.39, 0.29) is 0 Å². The van der Waals surface area contributed by atoms with Crippen LogP contribution in [-0.4, -0.2) is 5.16 Å². The van der Waals surface area contributed by atoms with Crippen LogP contribution in [-0.2, 0) is 6.54 Å². The van der Waals surface area contributed by atoms with Gasteiger partial charge in [-0.1, -0.05) is 21.1 Å². The summed E-state index contributed by atoms with van der Waals surface area (Å²) in [6, 6.07) is 5.76. The molecule has 1 aromatic carbocycles. The Morgan fingerprint density at radius 2 is 2.18 bits per heavy atom. The molecule has 2 rings (SSSR count). The van der Waals surface area contributed by atoms with Crippen LogP contribution in [0.1, 0.15) is 17.0 Å². The van der Waals surface area contributed by atoms with E-state index in [1.54, 1.807) is 0 Å². The summed E-state index contributed by atoms with van der Waals surface area (Å²) in [5, 5.41) is 7.19. The highest BCUT2D eigenvalue weighted by Gasteiger charge is 2.09. The Labute approximate surface area is 108 Å². The maximum atomic E-state index is 5.91. The number of anilines is 2. The van der Waals surface area contributed by atoms with Crippen LogP contribution in [0, 0.1) is 13.8 Å². The van der Waals surface area contributed by atoms with Gasteiger partial charge in [-0.25, -0.2) is 0 Å². The van der Waals surface area contributed by atoms with Crippen molar-refractivity contribution in [1.29, 1.82) is 0 Å². The zero-order valence-electron chi connectivity index (χ0n) is 9.75. The van der Waals surface area contributed by atoms with Gasteiger partial charge in [-0.15, -0.1) is 0 Å². The van der Waals surface area contributed by atoms with Gasteiger partial charge in [0, 0.05) is 16.6 Å². The molecule has 0 aliphatic heterocycles. The number of aromatic nitrogens is 1. The number of benzene rings is 1. The third kappa shape index (κ3) is 2.61. The van der Waals surface area contributed by atoms with Gasteiger partial charge >= 0.3 is 0 Å². The molecule has 0 bridgehead atoms. The molecular formula is C12H14BrN3O. The van der Waals surface area contributed by atoms with Gasteiger partial charge in [-0.2, -0.15) is 0 Å². The molecular weight excluding hydrogens is 282 g/mol. The van der Waals surface area contributed by atoms with Crippen LogP contribution in [0.15, 0.2) is 27.2 Å². The number of nitrogens with one attached hydrogen (secondary N) is 1. The molecule has 5 heteroatoms. The summed E-state index contributed by atoms with van der Waals surface area (Å²) in [6.45, 7) is 4.49. The van der Waals surface area contributed by atoms with E-state index in [0.717, 1.165) is 27.2 Å². The van der Waals surface area contributed by atoms with Crippen LogP contribution in [0.4, 0.5) is 11.4 Å². The summed E-state index contributed by atoms with van der Waals surface area (Å²) < 4.78 is 6.07. The van der Waals surface area contributed by atoms with Gasteiger partial charge in [0.05, 0.1) is 17.1 Å². The standard InChI is InChI=1S/C12H14BrN3O/c1-7-10(8(2)17-16-7)6-15-12-4-3-9(13)5-11(12)14/h3-5,15H,6,14H2,1-2H3. The van der Waals surface area contributed by atoms with Crippen LogP contribution in [0.2, 0.25) is 0 Å². The van der Waals surface area contributed by atoms with E-state index in [2.05, 4.69) is 26.4 Å². The smallest absolute Gasteiger partial charge is 0.138 e. The lowest BCUT2D eigenvalue weighted by atomic mass is 10.2. The van der Waals surface area contributed by atoms with Gasteiger partial charge in [-0.3, -0.25) is 0 Å². The van der Waals surface area contributed by atoms with Gasteiger partial charge in [0.15, 0.2) is 0 Å². The van der Waals surface area contributed by atoms with Gasteiger partial charge < -0.3 is 15.6 Å². The Balaban J connectivity index is 2.13. The summed E-state index contributed by atoms with van der Waals surface area (Å²) in [4.78, 5) is 0. The highest BCUT2D eigenvalue weighted by molar-refractivity contribution is 9.10. The lowest BCUT2D eigenvalue weighted by Crippen LogP contribution is -2.03. The summed E-state index contributed by atoms with van der Waals surface area (Å²) in [5.41, 5.74) is 9.51. The van der Waals surface area contributed by atoms with Crippen molar-refractivity contribution in [1.82, 2.24) is 5.16 Å². The number of halogens is 1. The number of hydrogen-bond donors (Lipinski definition) is 2. The molecule has 0 spiro atoms. The highest BCUT2D eigenvalue weighted by atomic mass is 79.9. The predicted molar refractivity (Wildman–Crippen MR) is 71.9 cm³/mol. The third-order valence-electron chi connectivity index (χ3n) is 2.65. The molecule has 4 nitrogen and oxygen atoms in total. The molecule has 1 aromatic heterocycles. The lowest BCUT2D eigenvalue weighted by molar-refractivity contribution is 0.392. The molecule has 2 aromatic rings. The number of nitrogens with two attached hydrogens (primary N) is 1. The highest BCUT2D eigenvalue weighted by Crippen LogP contribution is 2.24. The number of nitrogens with zero attached hydrogens (tertiary/aromatic N) is 1. The third-order valence-corrected chi connectivity index (χ3v) is 3.14. The fraction of sp³-hybridized carbons (Fsp3) is 0.250. The van der Waals surface area contributed by atoms with E-state index in [9.17, 15) is 0 Å². The Morgan fingerprint density at radius 3 is 2.76 bits per heavy atom. The van der Waals surface area contributed by atoms with Crippen molar-refractivity contribution < 1.29 is 4.52 Å². The first kappa shape index (κ1) is 12.0. The van der Waals surface area contributed by atoms with Crippen LogP contribution in [0.25, 0.3) is 0 Å². The molecule has 0 aliphatic carbocycles. The Kier molecular flexibility index (Phi) is 3.38. The van der Waals surface area contributed by atoms with Crippen molar-refractivity contribution in [2.45, 2.75) is 20.4 Å². The topological polar surface area (TPSA) is 64.1 Å². The first-order chi connectivity index (χ1) is 8.08. The van der Waals surface area contributed by atoms with Crippen LogP contribution in [0.5, 0.6) is 0 Å². The molecule has 0 radical (unpaired) electrons. The molecule has 17 heavy (non-hydrogen) atoms. The van der Waals surface area contributed by atoms with Crippen molar-refractivity contribution in [3.8, 4) is 0 Å². The summed E-state index contributed by atoms with van der Waals surface area (Å²) in [5.74, 6) is 0.839. The van der Waals surface area contributed by atoms with Crippen molar-refractivity contribution in [2.75, 3.05) is 11.1 Å². The molecule has 0 saturated heterocycles. The predicted octanol–water partition coefficient (Wildman–Crippen LogP) is 3.25. The SMILES string of the molecule is Cc1noc(C)c1CNc1ccc(Br)cc1N. The quantitative estimate of drug-likeness (QED) is 0.853. The van der Waals surface area contributed by atoms with E-state index < -0.39 is 0 Å². The second-order valence-electron chi connectivity index (χ2n) is 3.89. The van der Waals surface area contributed by atoms with Gasteiger partial charge in [-0.05, 0) is 32.0 Å². The molecule has 0 saturated carbocycles. The van der Waals surface area contributed by atoms with Crippen molar-refractivity contribution in [2.24, 2.45) is 0 Å². The van der Waals surface area contributed by atoms with Crippen LogP contribution in [0.3, 0.4) is 0 Å². The zero-order valence-corrected chi connectivity index (χ0v) is 11.3. The summed E-state index contributed by atoms with van der Waals surface area (Å²) in [7, 11) is 0. The zero-order chi connectivity index (χ0) is 12.4. The van der Waals surface area contributed by atoms with E-state index >= 15 is 0 Å². The number of aryl methyl sites for hydroxylation is 2. The maximum Gasteiger partial charge on any atom is 0.138 e. The fourth-order valence-electron chi connectivity index (χ4n) is 1.63. The fourth-order valence-corrected chi connectivity index (χ4v) is 2.01. The average Bonchev–Trinajstić information content (AvgIpc) is 2.58. The molecule has 0 aliphatic rings. The molecule has 3 N–H and O–H groups in total. The molecule has 0 amide bonds. The minimum Gasteiger partial charge on any atom is -0.397 e. The monoisotopic (exact) mass is 295 g/mol. The van der Waals surface area contributed by atoms with Gasteiger partial charge in [0.25, 0.3) is 0 Å². The van der Waals surface area contributed by atoms with E-state index in [1.165, 1.54) is 0 Å².